The van der Waals surface area contributed by atoms with Crippen LogP contribution in [-0.4, -0.2) is 23.0 Å². The van der Waals surface area contributed by atoms with Crippen molar-refractivity contribution in [3.05, 3.63) is 59.0 Å². The van der Waals surface area contributed by atoms with E-state index in [4.69, 9.17) is 0 Å². The summed E-state index contributed by atoms with van der Waals surface area (Å²) >= 11 is 1.51. The Morgan fingerprint density at radius 2 is 1.89 bits per heavy atom. The van der Waals surface area contributed by atoms with Crippen molar-refractivity contribution in [2.24, 2.45) is 7.05 Å². The molecule has 0 saturated carbocycles. The van der Waals surface area contributed by atoms with Crippen molar-refractivity contribution in [1.29, 1.82) is 0 Å². The van der Waals surface area contributed by atoms with Gasteiger partial charge in [-0.1, -0.05) is 18.2 Å². The Bertz CT molecular complexity index is 1300. The van der Waals surface area contributed by atoms with E-state index in [9.17, 15) is 8.42 Å². The third-order valence-electron chi connectivity index (χ3n) is 4.69. The molecule has 1 N–H and O–H groups in total. The minimum absolute atomic E-state index is 0.0134. The molecule has 1 aromatic carbocycles. The van der Waals surface area contributed by atoms with Crippen molar-refractivity contribution >= 4 is 37.3 Å². The van der Waals surface area contributed by atoms with E-state index in [0.29, 0.717) is 5.69 Å². The van der Waals surface area contributed by atoms with Crippen LogP contribution < -0.4 is 4.72 Å². The summed E-state index contributed by atoms with van der Waals surface area (Å²) in [5, 5.41) is 2.82. The maximum absolute atomic E-state index is 12.8. The predicted molar refractivity (Wildman–Crippen MR) is 113 cm³/mol. The first-order chi connectivity index (χ1) is 13.2. The fourth-order valence-electron chi connectivity index (χ4n) is 3.09. The standard InChI is InChI=1S/C20H20N4O2S2/c1-12-5-6-15(7-13(12)2)16-10-27-20-19(16)17(8-14(3)22-20)23-28(25,26)18-9-24(4)11-21-18/h5-11H,1-4H3,(H,22,23). The summed E-state index contributed by atoms with van der Waals surface area (Å²) in [6.07, 6.45) is 2.94. The molecule has 4 aromatic rings. The molecule has 8 heteroatoms. The highest BCUT2D eigenvalue weighted by molar-refractivity contribution is 7.92. The highest BCUT2D eigenvalue weighted by Gasteiger charge is 2.21. The van der Waals surface area contributed by atoms with Gasteiger partial charge < -0.3 is 4.57 Å². The first kappa shape index (κ1) is 18.6. The second kappa shape index (κ2) is 6.72. The molecule has 144 valence electrons. The van der Waals surface area contributed by atoms with Crippen molar-refractivity contribution < 1.29 is 8.42 Å². The zero-order valence-corrected chi connectivity index (χ0v) is 17.6. The number of nitrogens with zero attached hydrogens (tertiary/aromatic N) is 3. The lowest BCUT2D eigenvalue weighted by molar-refractivity contribution is 0.598. The lowest BCUT2D eigenvalue weighted by Gasteiger charge is -2.11. The molecule has 0 spiro atoms. The smallest absolute Gasteiger partial charge is 0.280 e. The van der Waals surface area contributed by atoms with E-state index in [1.165, 1.54) is 35.0 Å². The number of anilines is 1. The third kappa shape index (κ3) is 3.29. The van der Waals surface area contributed by atoms with E-state index >= 15 is 0 Å². The number of benzene rings is 1. The predicted octanol–water partition coefficient (Wildman–Crippen LogP) is 4.42. The number of thiophene rings is 1. The SMILES string of the molecule is Cc1cc(NS(=O)(=O)c2cn(C)cn2)c2c(-c3ccc(C)c(C)c3)csc2n1. The van der Waals surface area contributed by atoms with Gasteiger partial charge in [0.05, 0.1) is 12.0 Å². The van der Waals surface area contributed by atoms with Crippen LogP contribution in [0.25, 0.3) is 21.3 Å². The van der Waals surface area contributed by atoms with Gasteiger partial charge in [-0.05, 0) is 43.5 Å². The van der Waals surface area contributed by atoms with Crippen LogP contribution in [0.15, 0.2) is 47.2 Å². The molecule has 3 aromatic heterocycles. The van der Waals surface area contributed by atoms with Gasteiger partial charge in [-0.2, -0.15) is 8.42 Å². The summed E-state index contributed by atoms with van der Waals surface area (Å²) in [6.45, 7) is 6.00. The number of pyridine rings is 1. The van der Waals surface area contributed by atoms with Gasteiger partial charge in [-0.25, -0.2) is 9.97 Å². The van der Waals surface area contributed by atoms with Crippen molar-refractivity contribution in [2.75, 3.05) is 4.72 Å². The van der Waals surface area contributed by atoms with Crippen LogP contribution in [0.3, 0.4) is 0 Å². The van der Waals surface area contributed by atoms with Gasteiger partial charge >= 0.3 is 0 Å². The zero-order chi connectivity index (χ0) is 20.1. The molecule has 0 unspecified atom stereocenters. The molecule has 0 radical (unpaired) electrons. The Hall–Kier alpha value is -2.71. The van der Waals surface area contributed by atoms with Gasteiger partial charge in [0, 0.05) is 35.3 Å². The van der Waals surface area contributed by atoms with Crippen LogP contribution >= 0.6 is 11.3 Å². The molecule has 0 aliphatic rings. The van der Waals surface area contributed by atoms with Gasteiger partial charge in [-0.15, -0.1) is 11.3 Å². The topological polar surface area (TPSA) is 76.9 Å². The molecule has 6 nitrogen and oxygen atoms in total. The average molecular weight is 413 g/mol. The van der Waals surface area contributed by atoms with Crippen LogP contribution in [0.5, 0.6) is 0 Å². The molecule has 28 heavy (non-hydrogen) atoms. The number of aryl methyl sites for hydroxylation is 4. The van der Waals surface area contributed by atoms with E-state index in [0.717, 1.165) is 27.0 Å². The Morgan fingerprint density at radius 1 is 1.11 bits per heavy atom. The zero-order valence-electron chi connectivity index (χ0n) is 16.0. The first-order valence-corrected chi connectivity index (χ1v) is 11.1. The largest absolute Gasteiger partial charge is 0.339 e. The van der Waals surface area contributed by atoms with Crippen LogP contribution in [0.2, 0.25) is 0 Å². The summed E-state index contributed by atoms with van der Waals surface area (Å²) in [7, 11) is -2.06. The molecule has 0 amide bonds. The summed E-state index contributed by atoms with van der Waals surface area (Å²) in [4.78, 5) is 9.37. The van der Waals surface area contributed by atoms with Gasteiger partial charge in [-0.3, -0.25) is 4.72 Å². The number of sulfonamides is 1. The first-order valence-electron chi connectivity index (χ1n) is 8.72. The van der Waals surface area contributed by atoms with Gasteiger partial charge in [0.25, 0.3) is 10.0 Å². The molecule has 3 heterocycles. The summed E-state index contributed by atoms with van der Waals surface area (Å²) in [6, 6.07) is 8.02. The van der Waals surface area contributed by atoms with E-state index < -0.39 is 10.0 Å². The minimum Gasteiger partial charge on any atom is -0.339 e. The van der Waals surface area contributed by atoms with Gasteiger partial charge in [0.2, 0.25) is 0 Å². The molecule has 0 aliphatic carbocycles. The van der Waals surface area contributed by atoms with Crippen LogP contribution in [0, 0.1) is 20.8 Å². The lowest BCUT2D eigenvalue weighted by atomic mass is 10.00. The quantitative estimate of drug-likeness (QED) is 0.538. The molecule has 0 aliphatic heterocycles. The lowest BCUT2D eigenvalue weighted by Crippen LogP contribution is -2.14. The fraction of sp³-hybridized carbons (Fsp3) is 0.200. The number of hydrogen-bond acceptors (Lipinski definition) is 5. The van der Waals surface area contributed by atoms with E-state index in [2.05, 4.69) is 46.7 Å². The Labute approximate surface area is 167 Å². The molecule has 0 saturated heterocycles. The molecule has 0 fully saturated rings. The van der Waals surface area contributed by atoms with Crippen molar-refractivity contribution in [2.45, 2.75) is 25.8 Å². The minimum atomic E-state index is -3.80. The van der Waals surface area contributed by atoms with Gasteiger partial charge in [0.15, 0.2) is 5.03 Å². The highest BCUT2D eigenvalue weighted by Crippen LogP contribution is 2.39. The number of nitrogens with one attached hydrogen (secondary N) is 1. The Morgan fingerprint density at radius 3 is 2.57 bits per heavy atom. The van der Waals surface area contributed by atoms with Crippen LogP contribution in [-0.2, 0) is 17.1 Å². The van der Waals surface area contributed by atoms with Crippen molar-refractivity contribution in [3.8, 4) is 11.1 Å². The normalized spacial score (nSPS) is 11.9. The molecule has 0 bridgehead atoms. The second-order valence-corrected chi connectivity index (χ2v) is 9.41. The number of rotatable bonds is 4. The summed E-state index contributed by atoms with van der Waals surface area (Å²) in [5.74, 6) is 0. The third-order valence-corrected chi connectivity index (χ3v) is 6.81. The van der Waals surface area contributed by atoms with Crippen LogP contribution in [0.1, 0.15) is 16.8 Å². The average Bonchev–Trinajstić information content (AvgIpc) is 3.24. The number of aromatic nitrogens is 3. The number of imidazole rings is 1. The Balaban J connectivity index is 1.88. The van der Waals surface area contributed by atoms with E-state index in [1.54, 1.807) is 17.7 Å². The van der Waals surface area contributed by atoms with Gasteiger partial charge in [0.1, 0.15) is 4.83 Å². The van der Waals surface area contributed by atoms with Crippen molar-refractivity contribution in [3.63, 3.8) is 0 Å². The molecular weight excluding hydrogens is 392 g/mol. The maximum Gasteiger partial charge on any atom is 0.280 e. The fourth-order valence-corrected chi connectivity index (χ4v) is 5.15. The molecule has 0 atom stereocenters. The molecule has 4 rings (SSSR count). The maximum atomic E-state index is 12.8. The summed E-state index contributed by atoms with van der Waals surface area (Å²) < 4.78 is 30.0. The van der Waals surface area contributed by atoms with E-state index in [-0.39, 0.29) is 5.03 Å². The molecular formula is C20H20N4O2S2. The van der Waals surface area contributed by atoms with Crippen molar-refractivity contribution in [1.82, 2.24) is 14.5 Å². The highest BCUT2D eigenvalue weighted by atomic mass is 32.2. The monoisotopic (exact) mass is 412 g/mol. The number of hydrogen-bond donors (Lipinski definition) is 1. The Kier molecular flexibility index (Phi) is 4.47. The summed E-state index contributed by atoms with van der Waals surface area (Å²) in [5.41, 5.74) is 5.68. The number of fused-ring (bicyclic) bond motifs is 1. The second-order valence-electron chi connectivity index (χ2n) is 6.92. The van der Waals surface area contributed by atoms with Crippen LogP contribution in [0.4, 0.5) is 5.69 Å². The van der Waals surface area contributed by atoms with E-state index in [1.807, 2.05) is 12.3 Å².